The van der Waals surface area contributed by atoms with Gasteiger partial charge in [0.1, 0.15) is 0 Å². The summed E-state index contributed by atoms with van der Waals surface area (Å²) in [6.45, 7) is 1.44. The molecule has 158 valence electrons. The summed E-state index contributed by atoms with van der Waals surface area (Å²) in [5.74, 6) is -1.71. The third-order valence-electron chi connectivity index (χ3n) is 6.96. The van der Waals surface area contributed by atoms with Gasteiger partial charge in [0.15, 0.2) is 0 Å². The molecule has 5 nitrogen and oxygen atoms in total. The summed E-state index contributed by atoms with van der Waals surface area (Å²) in [7, 11) is 0. The second-order valence-electron chi connectivity index (χ2n) is 8.61. The topological polar surface area (TPSA) is 66.5 Å². The van der Waals surface area contributed by atoms with Crippen molar-refractivity contribution in [2.45, 2.75) is 17.2 Å². The van der Waals surface area contributed by atoms with Crippen molar-refractivity contribution in [3.05, 3.63) is 95.1 Å². The predicted octanol–water partition coefficient (Wildman–Crippen LogP) is 4.55. The Morgan fingerprint density at radius 1 is 0.875 bits per heavy atom. The van der Waals surface area contributed by atoms with Crippen molar-refractivity contribution in [2.75, 3.05) is 10.2 Å². The van der Waals surface area contributed by atoms with Gasteiger partial charge in [0.05, 0.1) is 21.8 Å². The van der Waals surface area contributed by atoms with Gasteiger partial charge in [0.25, 0.3) is 0 Å². The average molecular weight is 487 g/mol. The summed E-state index contributed by atoms with van der Waals surface area (Å²) in [6.07, 6.45) is 0. The van der Waals surface area contributed by atoms with Crippen LogP contribution in [0.4, 0.5) is 11.4 Å². The first-order valence-electron chi connectivity index (χ1n) is 10.6. The van der Waals surface area contributed by atoms with Crippen LogP contribution >= 0.6 is 15.9 Å². The molecule has 32 heavy (non-hydrogen) atoms. The van der Waals surface area contributed by atoms with Gasteiger partial charge in [0.2, 0.25) is 17.7 Å². The summed E-state index contributed by atoms with van der Waals surface area (Å²) >= 11 is 4.00. The van der Waals surface area contributed by atoms with Crippen molar-refractivity contribution in [2.24, 2.45) is 11.8 Å². The van der Waals surface area contributed by atoms with E-state index < -0.39 is 16.2 Å². The van der Waals surface area contributed by atoms with Gasteiger partial charge in [-0.2, -0.15) is 0 Å². The second kappa shape index (κ2) is 6.62. The molecule has 0 spiro atoms. The molecule has 2 atom stereocenters. The molecular weight excluding hydrogens is 468 g/mol. The quantitative estimate of drug-likeness (QED) is 0.426. The van der Waals surface area contributed by atoms with Crippen molar-refractivity contribution >= 4 is 45.0 Å². The van der Waals surface area contributed by atoms with E-state index in [-0.39, 0.29) is 23.6 Å². The fourth-order valence-electron chi connectivity index (χ4n) is 5.83. The zero-order valence-electron chi connectivity index (χ0n) is 17.2. The molecule has 1 heterocycles. The highest BCUT2D eigenvalue weighted by molar-refractivity contribution is 9.09. The van der Waals surface area contributed by atoms with Gasteiger partial charge in [-0.15, -0.1) is 0 Å². The average Bonchev–Trinajstić information content (AvgIpc) is 3.06. The number of rotatable bonds is 2. The largest absolute Gasteiger partial charge is 0.326 e. The van der Waals surface area contributed by atoms with Crippen LogP contribution in [0.1, 0.15) is 35.1 Å². The Hall–Kier alpha value is -3.25. The number of benzene rings is 3. The Morgan fingerprint density at radius 3 is 2.00 bits per heavy atom. The number of carbonyl (C=O) groups is 3. The van der Waals surface area contributed by atoms with E-state index in [1.54, 1.807) is 24.3 Å². The normalized spacial score (nSPS) is 27.1. The van der Waals surface area contributed by atoms with Crippen molar-refractivity contribution in [1.82, 2.24) is 0 Å². The highest BCUT2D eigenvalue weighted by Gasteiger charge is 2.67. The van der Waals surface area contributed by atoms with Gasteiger partial charge in [-0.1, -0.05) is 64.5 Å². The van der Waals surface area contributed by atoms with Crippen molar-refractivity contribution in [3.63, 3.8) is 0 Å². The smallest absolute Gasteiger partial charge is 0.239 e. The van der Waals surface area contributed by atoms with E-state index in [1.807, 2.05) is 24.3 Å². The zero-order valence-corrected chi connectivity index (χ0v) is 18.8. The molecule has 0 radical (unpaired) electrons. The number of hydrogen-bond donors (Lipinski definition) is 1. The van der Waals surface area contributed by atoms with Gasteiger partial charge < -0.3 is 5.32 Å². The second-order valence-corrected chi connectivity index (χ2v) is 9.86. The number of imide groups is 1. The van der Waals surface area contributed by atoms with Gasteiger partial charge in [-0.05, 0) is 46.5 Å². The van der Waals surface area contributed by atoms with Crippen LogP contribution in [0.25, 0.3) is 0 Å². The fourth-order valence-corrected chi connectivity index (χ4v) is 7.03. The van der Waals surface area contributed by atoms with Crippen LogP contribution in [0.15, 0.2) is 72.8 Å². The minimum Gasteiger partial charge on any atom is -0.326 e. The van der Waals surface area contributed by atoms with Crippen LogP contribution in [0.3, 0.4) is 0 Å². The number of anilines is 2. The molecule has 1 aliphatic heterocycles. The molecule has 1 fully saturated rings. The van der Waals surface area contributed by atoms with E-state index in [2.05, 4.69) is 45.5 Å². The molecule has 4 aliphatic rings. The minimum absolute atomic E-state index is 0.160. The molecule has 3 aliphatic carbocycles. The van der Waals surface area contributed by atoms with Crippen LogP contribution in [0.5, 0.6) is 0 Å². The molecule has 0 saturated carbocycles. The molecule has 6 heteroatoms. The van der Waals surface area contributed by atoms with Crippen molar-refractivity contribution in [3.8, 4) is 0 Å². The van der Waals surface area contributed by atoms with Crippen LogP contribution in [0.2, 0.25) is 0 Å². The maximum absolute atomic E-state index is 13.8. The Bertz CT molecular complexity index is 1270. The summed E-state index contributed by atoms with van der Waals surface area (Å²) < 4.78 is -0.753. The number of carbonyl (C=O) groups excluding carboxylic acids is 3. The van der Waals surface area contributed by atoms with Crippen molar-refractivity contribution < 1.29 is 14.4 Å². The number of nitrogens with one attached hydrogen (secondary N) is 1. The first-order chi connectivity index (χ1) is 15.4. The Balaban J connectivity index is 1.50. The fraction of sp³-hybridized carbons (Fsp3) is 0.192. The molecule has 0 unspecified atom stereocenters. The molecule has 0 aromatic heterocycles. The summed E-state index contributed by atoms with van der Waals surface area (Å²) in [4.78, 5) is 40.3. The molecule has 1 saturated heterocycles. The number of amides is 3. The van der Waals surface area contributed by atoms with Crippen LogP contribution < -0.4 is 10.2 Å². The zero-order chi connectivity index (χ0) is 22.2. The van der Waals surface area contributed by atoms with E-state index in [9.17, 15) is 14.4 Å². The Morgan fingerprint density at radius 2 is 1.44 bits per heavy atom. The van der Waals surface area contributed by atoms with E-state index >= 15 is 0 Å². The standard InChI is InChI=1S/C26H19BrN2O3/c1-14(30)28-15-10-12-16(13-11-15)29-24(31)22-21-17-6-2-4-8-19(17)26(27,23(22)25(29)32)20-9-5-3-7-18(20)21/h2-13,21-23H,1H3,(H,28,30)/t21?,22-,23-,26?/m0/s1. The molecule has 3 amide bonds. The molecule has 1 N–H and O–H groups in total. The first-order valence-corrected chi connectivity index (χ1v) is 11.4. The Labute approximate surface area is 193 Å². The number of halogens is 1. The number of hydrogen-bond acceptors (Lipinski definition) is 3. The molecule has 7 rings (SSSR count). The van der Waals surface area contributed by atoms with E-state index in [4.69, 9.17) is 0 Å². The van der Waals surface area contributed by atoms with Gasteiger partial charge in [-0.3, -0.25) is 14.4 Å². The third kappa shape index (κ3) is 2.36. The minimum atomic E-state index is -0.753. The summed E-state index contributed by atoms with van der Waals surface area (Å²) in [5, 5.41) is 2.71. The SMILES string of the molecule is CC(=O)Nc1ccc(N2C(=O)[C@@H]3[C@@H](C2=O)C2c4ccccc4C3(Br)c3ccccc32)cc1. The van der Waals surface area contributed by atoms with Crippen LogP contribution in [0, 0.1) is 11.8 Å². The van der Waals surface area contributed by atoms with E-state index in [0.717, 1.165) is 22.3 Å². The molecule has 2 bridgehead atoms. The lowest BCUT2D eigenvalue weighted by Crippen LogP contribution is -2.50. The highest BCUT2D eigenvalue weighted by Crippen LogP contribution is 2.66. The maximum atomic E-state index is 13.8. The van der Waals surface area contributed by atoms with Crippen molar-refractivity contribution in [1.29, 1.82) is 0 Å². The molecule has 3 aromatic carbocycles. The van der Waals surface area contributed by atoms with Gasteiger partial charge in [-0.25, -0.2) is 4.90 Å². The lowest BCUT2D eigenvalue weighted by molar-refractivity contribution is -0.122. The van der Waals surface area contributed by atoms with E-state index in [1.165, 1.54) is 11.8 Å². The molecule has 3 aromatic rings. The van der Waals surface area contributed by atoms with Crippen LogP contribution in [-0.4, -0.2) is 17.7 Å². The first kappa shape index (κ1) is 19.4. The lowest BCUT2D eigenvalue weighted by atomic mass is 9.55. The predicted molar refractivity (Wildman–Crippen MR) is 125 cm³/mol. The maximum Gasteiger partial charge on any atom is 0.239 e. The van der Waals surface area contributed by atoms with Gasteiger partial charge in [0, 0.05) is 18.5 Å². The number of nitrogens with zero attached hydrogens (tertiary/aromatic N) is 1. The summed E-state index contributed by atoms with van der Waals surface area (Å²) in [6, 6.07) is 23.1. The summed E-state index contributed by atoms with van der Waals surface area (Å²) in [5.41, 5.74) is 5.48. The monoisotopic (exact) mass is 486 g/mol. The molecular formula is C26H19BrN2O3. The third-order valence-corrected chi connectivity index (χ3v) is 8.31. The lowest BCUT2D eigenvalue weighted by Gasteiger charge is -2.51. The highest BCUT2D eigenvalue weighted by atomic mass is 79.9. The Kier molecular flexibility index (Phi) is 4.02. The number of alkyl halides is 1. The van der Waals surface area contributed by atoms with Crippen LogP contribution in [-0.2, 0) is 18.7 Å². The van der Waals surface area contributed by atoms with E-state index in [0.29, 0.717) is 11.4 Å². The van der Waals surface area contributed by atoms with Gasteiger partial charge >= 0.3 is 0 Å².